The van der Waals surface area contributed by atoms with Crippen molar-refractivity contribution in [3.8, 4) is 11.8 Å². The summed E-state index contributed by atoms with van der Waals surface area (Å²) in [4.78, 5) is 7.77. The Morgan fingerprint density at radius 1 is 1.13 bits per heavy atom. The number of H-pyrrole nitrogens is 1. The lowest BCUT2D eigenvalue weighted by atomic mass is 10.1. The summed E-state index contributed by atoms with van der Waals surface area (Å²) < 4.78 is 5.99. The summed E-state index contributed by atoms with van der Waals surface area (Å²) in [6, 6.07) is 21.0. The maximum absolute atomic E-state index is 9.73. The monoisotopic (exact) mass is 433 g/mol. The van der Waals surface area contributed by atoms with Crippen LogP contribution < -0.4 is 4.74 Å². The second kappa shape index (κ2) is 8.62. The SMILES string of the molecule is Cc1ccc2nc(/C(C#N)=C/c3ccccc3OCc3ccc(Cl)cc3Cl)[nH]c2c1. The number of aryl methyl sites for hydroxylation is 1. The Morgan fingerprint density at radius 3 is 2.77 bits per heavy atom. The number of nitrogens with zero attached hydrogens (tertiary/aromatic N) is 2. The third-order valence-electron chi connectivity index (χ3n) is 4.63. The number of nitriles is 1. The first-order valence-electron chi connectivity index (χ1n) is 9.28. The minimum absolute atomic E-state index is 0.284. The molecule has 0 aliphatic carbocycles. The van der Waals surface area contributed by atoms with Gasteiger partial charge in [-0.3, -0.25) is 0 Å². The van der Waals surface area contributed by atoms with Crippen LogP contribution in [0.4, 0.5) is 0 Å². The first kappa shape index (κ1) is 20.0. The Balaban J connectivity index is 1.64. The van der Waals surface area contributed by atoms with Gasteiger partial charge in [-0.15, -0.1) is 0 Å². The number of imidazole rings is 1. The van der Waals surface area contributed by atoms with Crippen molar-refractivity contribution in [2.75, 3.05) is 0 Å². The molecule has 0 amide bonds. The first-order chi connectivity index (χ1) is 14.5. The average molecular weight is 434 g/mol. The molecule has 4 nitrogen and oxygen atoms in total. The number of benzene rings is 3. The molecule has 0 fully saturated rings. The molecule has 0 aliphatic heterocycles. The molecule has 1 aromatic heterocycles. The number of nitrogens with one attached hydrogen (secondary N) is 1. The maximum Gasteiger partial charge on any atom is 0.149 e. The quantitative estimate of drug-likeness (QED) is 0.351. The van der Waals surface area contributed by atoms with Crippen LogP contribution in [0.25, 0.3) is 22.7 Å². The second-order valence-corrected chi connectivity index (χ2v) is 7.68. The normalized spacial score (nSPS) is 11.5. The highest BCUT2D eigenvalue weighted by Gasteiger charge is 2.11. The van der Waals surface area contributed by atoms with Gasteiger partial charge in [-0.05, 0) is 48.9 Å². The van der Waals surface area contributed by atoms with Gasteiger partial charge in [0, 0.05) is 21.2 Å². The van der Waals surface area contributed by atoms with Gasteiger partial charge in [0.2, 0.25) is 0 Å². The van der Waals surface area contributed by atoms with Gasteiger partial charge < -0.3 is 9.72 Å². The van der Waals surface area contributed by atoms with Crippen LogP contribution >= 0.6 is 23.2 Å². The van der Waals surface area contributed by atoms with E-state index in [-0.39, 0.29) is 6.61 Å². The number of hydrogen-bond donors (Lipinski definition) is 1. The van der Waals surface area contributed by atoms with E-state index in [2.05, 4.69) is 16.0 Å². The molecular weight excluding hydrogens is 417 g/mol. The van der Waals surface area contributed by atoms with E-state index in [9.17, 15) is 5.26 Å². The third kappa shape index (κ3) is 4.33. The molecule has 4 aromatic rings. The molecule has 0 spiro atoms. The zero-order chi connectivity index (χ0) is 21.1. The highest BCUT2D eigenvalue weighted by atomic mass is 35.5. The molecule has 4 rings (SSSR count). The van der Waals surface area contributed by atoms with E-state index in [0.717, 1.165) is 27.7 Å². The lowest BCUT2D eigenvalue weighted by molar-refractivity contribution is 0.305. The molecule has 0 atom stereocenters. The molecule has 1 heterocycles. The van der Waals surface area contributed by atoms with Crippen molar-refractivity contribution in [1.29, 1.82) is 5.26 Å². The Hall–Kier alpha value is -3.26. The van der Waals surface area contributed by atoms with Crippen molar-refractivity contribution >= 4 is 45.9 Å². The minimum Gasteiger partial charge on any atom is -0.488 e. The van der Waals surface area contributed by atoms with E-state index in [1.807, 2.05) is 55.5 Å². The molecule has 0 aliphatic rings. The van der Waals surface area contributed by atoms with Crippen molar-refractivity contribution in [2.45, 2.75) is 13.5 Å². The molecule has 30 heavy (non-hydrogen) atoms. The van der Waals surface area contributed by atoms with Crippen molar-refractivity contribution in [1.82, 2.24) is 9.97 Å². The fourth-order valence-electron chi connectivity index (χ4n) is 3.09. The van der Waals surface area contributed by atoms with Crippen molar-refractivity contribution in [3.05, 3.63) is 93.2 Å². The lowest BCUT2D eigenvalue weighted by Crippen LogP contribution is -1.98. The number of fused-ring (bicyclic) bond motifs is 1. The van der Waals surface area contributed by atoms with Crippen LogP contribution in [0.3, 0.4) is 0 Å². The van der Waals surface area contributed by atoms with E-state index >= 15 is 0 Å². The number of rotatable bonds is 5. The topological polar surface area (TPSA) is 61.7 Å². The molecule has 0 bridgehead atoms. The molecule has 0 saturated heterocycles. The van der Waals surface area contributed by atoms with Crippen LogP contribution in [0.2, 0.25) is 10.0 Å². The van der Waals surface area contributed by atoms with Gasteiger partial charge in [0.05, 0.1) is 16.6 Å². The molecular formula is C24H17Cl2N3O. The fraction of sp³-hybridized carbons (Fsp3) is 0.0833. The Morgan fingerprint density at radius 2 is 1.97 bits per heavy atom. The molecule has 0 saturated carbocycles. The summed E-state index contributed by atoms with van der Waals surface area (Å²) in [6.07, 6.45) is 1.77. The second-order valence-electron chi connectivity index (χ2n) is 6.84. The predicted molar refractivity (Wildman–Crippen MR) is 122 cm³/mol. The number of ether oxygens (including phenoxy) is 1. The van der Waals surface area contributed by atoms with Crippen LogP contribution in [0.1, 0.15) is 22.5 Å². The Labute approximate surface area is 184 Å². The highest BCUT2D eigenvalue weighted by molar-refractivity contribution is 6.35. The largest absolute Gasteiger partial charge is 0.488 e. The van der Waals surface area contributed by atoms with Gasteiger partial charge in [-0.1, -0.05) is 53.5 Å². The number of hydrogen-bond acceptors (Lipinski definition) is 3. The smallest absolute Gasteiger partial charge is 0.149 e. The molecule has 3 aromatic carbocycles. The van der Waals surface area contributed by atoms with Gasteiger partial charge in [0.15, 0.2) is 0 Å². The number of allylic oxidation sites excluding steroid dienone is 1. The van der Waals surface area contributed by atoms with E-state index in [1.165, 1.54) is 0 Å². The Bertz CT molecular complexity index is 1300. The molecule has 1 N–H and O–H groups in total. The van der Waals surface area contributed by atoms with Gasteiger partial charge >= 0.3 is 0 Å². The fourth-order valence-corrected chi connectivity index (χ4v) is 3.55. The van der Waals surface area contributed by atoms with Crippen LogP contribution in [0.5, 0.6) is 5.75 Å². The van der Waals surface area contributed by atoms with Crippen molar-refractivity contribution in [3.63, 3.8) is 0 Å². The van der Waals surface area contributed by atoms with Crippen LogP contribution in [0, 0.1) is 18.3 Å². The van der Waals surface area contributed by atoms with Gasteiger partial charge in [-0.25, -0.2) is 4.98 Å². The van der Waals surface area contributed by atoms with Crippen molar-refractivity contribution in [2.24, 2.45) is 0 Å². The summed E-state index contributed by atoms with van der Waals surface area (Å²) in [5.74, 6) is 1.16. The van der Waals surface area contributed by atoms with E-state index in [1.54, 1.807) is 18.2 Å². The van der Waals surface area contributed by atoms with E-state index < -0.39 is 0 Å². The number of aromatic amines is 1. The zero-order valence-corrected chi connectivity index (χ0v) is 17.6. The van der Waals surface area contributed by atoms with Crippen molar-refractivity contribution < 1.29 is 4.74 Å². The summed E-state index contributed by atoms with van der Waals surface area (Å²) >= 11 is 12.2. The van der Waals surface area contributed by atoms with Crippen LogP contribution in [-0.4, -0.2) is 9.97 Å². The average Bonchev–Trinajstić information content (AvgIpc) is 3.15. The van der Waals surface area contributed by atoms with Gasteiger partial charge in [0.1, 0.15) is 24.3 Å². The van der Waals surface area contributed by atoms with Gasteiger partial charge in [-0.2, -0.15) is 5.26 Å². The summed E-state index contributed by atoms with van der Waals surface area (Å²) in [5.41, 5.74) is 4.86. The zero-order valence-electron chi connectivity index (χ0n) is 16.1. The highest BCUT2D eigenvalue weighted by Crippen LogP contribution is 2.27. The van der Waals surface area contributed by atoms with E-state index in [0.29, 0.717) is 27.2 Å². The molecule has 148 valence electrons. The van der Waals surface area contributed by atoms with Gasteiger partial charge in [0.25, 0.3) is 0 Å². The number of aromatic nitrogens is 2. The molecule has 0 radical (unpaired) electrons. The predicted octanol–water partition coefficient (Wildman–Crippen LogP) is 6.82. The van der Waals surface area contributed by atoms with Crippen LogP contribution in [0.15, 0.2) is 60.7 Å². The maximum atomic E-state index is 9.73. The van der Waals surface area contributed by atoms with Crippen LogP contribution in [-0.2, 0) is 6.61 Å². The Kier molecular flexibility index (Phi) is 5.76. The lowest BCUT2D eigenvalue weighted by Gasteiger charge is -2.11. The molecule has 0 unspecified atom stereocenters. The summed E-state index contributed by atoms with van der Waals surface area (Å²) in [6.45, 7) is 2.30. The summed E-state index contributed by atoms with van der Waals surface area (Å²) in [5, 5.41) is 10.9. The summed E-state index contributed by atoms with van der Waals surface area (Å²) in [7, 11) is 0. The number of para-hydroxylation sites is 1. The van der Waals surface area contributed by atoms with E-state index in [4.69, 9.17) is 27.9 Å². The number of halogens is 2. The third-order valence-corrected chi connectivity index (χ3v) is 5.22. The molecule has 6 heteroatoms. The first-order valence-corrected chi connectivity index (χ1v) is 10.0. The standard InChI is InChI=1S/C24H17Cl2N3O/c1-15-6-9-21-22(10-15)29-24(28-21)18(13-27)11-16-4-2-3-5-23(16)30-14-17-7-8-19(25)12-20(17)26/h2-12H,14H2,1H3,(H,28,29)/b18-11+. The minimum atomic E-state index is 0.284.